The van der Waals surface area contributed by atoms with Crippen LogP contribution in [0.5, 0.6) is 0 Å². The number of carbonyl (C=O) groups is 2. The van der Waals surface area contributed by atoms with Crippen LogP contribution < -0.4 is 5.32 Å². The molecular formula is C17H24ClN3O3S. The Morgan fingerprint density at radius 2 is 1.84 bits per heavy atom. The Hall–Kier alpha value is -1.31. The molecule has 2 N–H and O–H groups in total. The molecule has 2 amide bonds. The number of thiophene rings is 1. The average Bonchev–Trinajstić information content (AvgIpc) is 3.01. The van der Waals surface area contributed by atoms with Gasteiger partial charge in [0.05, 0.1) is 10.3 Å². The standard InChI is InChI=1S/C17H24ClN3O3S/c18-15-6-5-14(25-15)11-20-7-9-21(10-8-20)17(24)19-13-3-1-12(2-4-13)16(22)23/h5-6,12-13H,1-4,7-11H2,(H,19,24)(H,22,23). The number of carbonyl (C=O) groups excluding carboxylic acids is 1. The van der Waals surface area contributed by atoms with E-state index in [1.807, 2.05) is 11.0 Å². The fourth-order valence-corrected chi connectivity index (χ4v) is 4.65. The van der Waals surface area contributed by atoms with Crippen molar-refractivity contribution in [3.63, 3.8) is 0 Å². The van der Waals surface area contributed by atoms with Crippen molar-refractivity contribution < 1.29 is 14.7 Å². The highest BCUT2D eigenvalue weighted by Crippen LogP contribution is 2.25. The SMILES string of the molecule is O=C(O)C1CCC(NC(=O)N2CCN(Cc3ccc(Cl)s3)CC2)CC1. The third-order valence-electron chi connectivity index (χ3n) is 5.07. The highest BCUT2D eigenvalue weighted by Gasteiger charge is 2.28. The normalized spacial score (nSPS) is 24.9. The molecule has 2 aliphatic rings. The number of urea groups is 1. The van der Waals surface area contributed by atoms with Gasteiger partial charge in [0.1, 0.15) is 0 Å². The summed E-state index contributed by atoms with van der Waals surface area (Å²) in [6, 6.07) is 4.07. The molecule has 0 aromatic carbocycles. The predicted molar refractivity (Wildman–Crippen MR) is 98.1 cm³/mol. The van der Waals surface area contributed by atoms with E-state index in [0.717, 1.165) is 49.9 Å². The highest BCUT2D eigenvalue weighted by atomic mass is 35.5. The molecule has 1 aliphatic heterocycles. The van der Waals surface area contributed by atoms with Crippen molar-refractivity contribution in [2.45, 2.75) is 38.3 Å². The zero-order valence-corrected chi connectivity index (χ0v) is 15.7. The molecule has 8 heteroatoms. The van der Waals surface area contributed by atoms with Gasteiger partial charge in [-0.15, -0.1) is 11.3 Å². The summed E-state index contributed by atoms with van der Waals surface area (Å²) in [5.74, 6) is -0.963. The molecule has 25 heavy (non-hydrogen) atoms. The Labute approximate surface area is 156 Å². The molecule has 6 nitrogen and oxygen atoms in total. The number of aliphatic carboxylic acids is 1. The number of piperazine rings is 1. The molecular weight excluding hydrogens is 362 g/mol. The van der Waals surface area contributed by atoms with Crippen LogP contribution in [0.1, 0.15) is 30.6 Å². The van der Waals surface area contributed by atoms with E-state index in [9.17, 15) is 9.59 Å². The molecule has 1 saturated heterocycles. The molecule has 1 aliphatic carbocycles. The molecule has 0 atom stereocenters. The molecule has 138 valence electrons. The first-order valence-electron chi connectivity index (χ1n) is 8.76. The highest BCUT2D eigenvalue weighted by molar-refractivity contribution is 7.16. The third-order valence-corrected chi connectivity index (χ3v) is 6.29. The fraction of sp³-hybridized carbons (Fsp3) is 0.647. The van der Waals surface area contributed by atoms with Crippen molar-refractivity contribution in [3.05, 3.63) is 21.3 Å². The van der Waals surface area contributed by atoms with E-state index in [1.165, 1.54) is 4.88 Å². The minimum Gasteiger partial charge on any atom is -0.481 e. The largest absolute Gasteiger partial charge is 0.481 e. The van der Waals surface area contributed by atoms with Gasteiger partial charge in [-0.05, 0) is 37.8 Å². The van der Waals surface area contributed by atoms with E-state index < -0.39 is 5.97 Å². The lowest BCUT2D eigenvalue weighted by Crippen LogP contribution is -2.53. The van der Waals surface area contributed by atoms with E-state index in [1.54, 1.807) is 11.3 Å². The summed E-state index contributed by atoms with van der Waals surface area (Å²) in [6.07, 6.45) is 2.80. The second kappa shape index (κ2) is 8.38. The minimum absolute atomic E-state index is 0.0161. The summed E-state index contributed by atoms with van der Waals surface area (Å²) in [5.41, 5.74) is 0. The minimum atomic E-state index is -0.715. The van der Waals surface area contributed by atoms with Crippen LogP contribution in [0, 0.1) is 5.92 Å². The summed E-state index contributed by atoms with van der Waals surface area (Å²) in [6.45, 7) is 4.03. The van der Waals surface area contributed by atoms with Gasteiger partial charge in [0, 0.05) is 43.6 Å². The summed E-state index contributed by atoms with van der Waals surface area (Å²) in [5, 5.41) is 12.1. The Kier molecular flexibility index (Phi) is 6.19. The maximum atomic E-state index is 12.4. The molecule has 2 fully saturated rings. The van der Waals surface area contributed by atoms with Gasteiger partial charge in [0.2, 0.25) is 0 Å². The molecule has 0 unspecified atom stereocenters. The predicted octanol–water partition coefficient (Wildman–Crippen LogP) is 2.87. The number of nitrogens with zero attached hydrogens (tertiary/aromatic N) is 2. The van der Waals surface area contributed by atoms with Crippen LogP contribution in [-0.4, -0.2) is 59.1 Å². The molecule has 3 rings (SSSR count). The van der Waals surface area contributed by atoms with Gasteiger partial charge in [-0.3, -0.25) is 9.69 Å². The van der Waals surface area contributed by atoms with Crippen LogP contribution in [0.2, 0.25) is 4.34 Å². The van der Waals surface area contributed by atoms with Crippen molar-refractivity contribution >= 4 is 34.9 Å². The maximum absolute atomic E-state index is 12.4. The fourth-order valence-electron chi connectivity index (χ4n) is 3.52. The smallest absolute Gasteiger partial charge is 0.317 e. The van der Waals surface area contributed by atoms with Crippen molar-refractivity contribution in [2.75, 3.05) is 26.2 Å². The first-order valence-corrected chi connectivity index (χ1v) is 9.95. The van der Waals surface area contributed by atoms with Gasteiger partial charge in [-0.1, -0.05) is 11.6 Å². The van der Waals surface area contributed by atoms with E-state index in [4.69, 9.17) is 16.7 Å². The molecule has 0 spiro atoms. The number of carboxylic acids is 1. The third kappa shape index (κ3) is 5.09. The number of hydrogen-bond acceptors (Lipinski definition) is 4. The van der Waals surface area contributed by atoms with Crippen molar-refractivity contribution in [2.24, 2.45) is 5.92 Å². The number of halogens is 1. The number of rotatable bonds is 4. The van der Waals surface area contributed by atoms with Gasteiger partial charge in [-0.2, -0.15) is 0 Å². The van der Waals surface area contributed by atoms with E-state index in [2.05, 4.69) is 16.3 Å². The first-order chi connectivity index (χ1) is 12.0. The van der Waals surface area contributed by atoms with E-state index in [0.29, 0.717) is 12.8 Å². The second-order valence-corrected chi connectivity index (χ2v) is 8.60. The monoisotopic (exact) mass is 385 g/mol. The Morgan fingerprint density at radius 3 is 2.40 bits per heavy atom. The van der Waals surface area contributed by atoms with Gasteiger partial charge < -0.3 is 15.3 Å². The lowest BCUT2D eigenvalue weighted by atomic mass is 9.86. The van der Waals surface area contributed by atoms with Crippen LogP contribution in [0.15, 0.2) is 12.1 Å². The molecule has 1 aromatic heterocycles. The number of hydrogen-bond donors (Lipinski definition) is 2. The lowest BCUT2D eigenvalue weighted by Gasteiger charge is -2.36. The van der Waals surface area contributed by atoms with E-state index in [-0.39, 0.29) is 18.0 Å². The zero-order valence-electron chi connectivity index (χ0n) is 14.1. The summed E-state index contributed by atoms with van der Waals surface area (Å²) < 4.78 is 0.811. The molecule has 0 bridgehead atoms. The van der Waals surface area contributed by atoms with Crippen LogP contribution in [0.4, 0.5) is 4.79 Å². The Balaban J connectivity index is 1.39. The van der Waals surface area contributed by atoms with Crippen molar-refractivity contribution in [3.8, 4) is 0 Å². The molecule has 2 heterocycles. The second-order valence-electron chi connectivity index (χ2n) is 6.81. The van der Waals surface area contributed by atoms with Gasteiger partial charge in [0.25, 0.3) is 0 Å². The van der Waals surface area contributed by atoms with Crippen molar-refractivity contribution in [1.82, 2.24) is 15.1 Å². The average molecular weight is 386 g/mol. The van der Waals surface area contributed by atoms with Crippen LogP contribution in [-0.2, 0) is 11.3 Å². The van der Waals surface area contributed by atoms with Gasteiger partial charge in [0.15, 0.2) is 0 Å². The van der Waals surface area contributed by atoms with Crippen molar-refractivity contribution in [1.29, 1.82) is 0 Å². The number of nitrogens with one attached hydrogen (secondary N) is 1. The Morgan fingerprint density at radius 1 is 1.16 bits per heavy atom. The topological polar surface area (TPSA) is 72.9 Å². The molecule has 1 saturated carbocycles. The summed E-state index contributed by atoms with van der Waals surface area (Å²) in [4.78, 5) is 28.8. The lowest BCUT2D eigenvalue weighted by molar-refractivity contribution is -0.142. The summed E-state index contributed by atoms with van der Waals surface area (Å²) in [7, 11) is 0. The first kappa shape index (κ1) is 18.5. The number of carboxylic acid groups (broad SMARTS) is 1. The number of amides is 2. The van der Waals surface area contributed by atoms with Crippen LogP contribution >= 0.6 is 22.9 Å². The van der Waals surface area contributed by atoms with E-state index >= 15 is 0 Å². The maximum Gasteiger partial charge on any atom is 0.317 e. The van der Waals surface area contributed by atoms with Crippen LogP contribution in [0.3, 0.4) is 0 Å². The quantitative estimate of drug-likeness (QED) is 0.835. The summed E-state index contributed by atoms with van der Waals surface area (Å²) >= 11 is 7.57. The molecule has 1 aromatic rings. The zero-order chi connectivity index (χ0) is 17.8. The Bertz CT molecular complexity index is 608. The van der Waals surface area contributed by atoms with Crippen LogP contribution in [0.25, 0.3) is 0 Å². The molecule has 0 radical (unpaired) electrons. The van der Waals surface area contributed by atoms with Gasteiger partial charge >= 0.3 is 12.0 Å². The van der Waals surface area contributed by atoms with Gasteiger partial charge in [-0.25, -0.2) is 4.79 Å².